The smallest absolute Gasteiger partial charge is 0.255 e. The van der Waals surface area contributed by atoms with E-state index in [2.05, 4.69) is 15.4 Å². The quantitative estimate of drug-likeness (QED) is 0.698. The molecule has 140 valence electrons. The number of rotatable bonds is 6. The molecular formula is C20H19F2N3O2. The number of hydrogen-bond donors (Lipinski definition) is 1. The van der Waals surface area contributed by atoms with E-state index in [-0.39, 0.29) is 11.7 Å². The molecule has 5 nitrogen and oxygen atoms in total. The van der Waals surface area contributed by atoms with Crippen molar-refractivity contribution in [1.82, 2.24) is 10.1 Å². The summed E-state index contributed by atoms with van der Waals surface area (Å²) in [5.74, 6) is -1.98. The number of aromatic nitrogens is 1. The van der Waals surface area contributed by atoms with Crippen LogP contribution >= 0.6 is 0 Å². The molecule has 0 aliphatic carbocycles. The lowest BCUT2D eigenvalue weighted by Crippen LogP contribution is -2.22. The van der Waals surface area contributed by atoms with Crippen LogP contribution in [0.1, 0.15) is 34.6 Å². The Balaban J connectivity index is 1.70. The number of hydrogen-bond acceptors (Lipinski definition) is 4. The maximum Gasteiger partial charge on any atom is 0.255 e. The number of halogens is 2. The standard InChI is InChI=1S/C20H19F2N3O2/c1-13(18-8-9-27-24-18)25(2)12-14-4-3-5-15(10-14)20(26)23-19-7-6-16(21)11-17(19)22/h3-11,13H,12H2,1-2H3,(H,23,26)/t13-/m0/s1. The first-order valence-corrected chi connectivity index (χ1v) is 8.40. The molecule has 0 unspecified atom stereocenters. The normalized spacial score (nSPS) is 12.2. The van der Waals surface area contributed by atoms with Crippen molar-refractivity contribution in [1.29, 1.82) is 0 Å². The molecule has 3 rings (SSSR count). The molecule has 0 saturated heterocycles. The average Bonchev–Trinajstić information content (AvgIpc) is 3.18. The summed E-state index contributed by atoms with van der Waals surface area (Å²) < 4.78 is 31.6. The lowest BCUT2D eigenvalue weighted by atomic mass is 10.1. The van der Waals surface area contributed by atoms with Crippen LogP contribution in [0.15, 0.2) is 59.3 Å². The highest BCUT2D eigenvalue weighted by Gasteiger charge is 2.16. The molecular weight excluding hydrogens is 352 g/mol. The average molecular weight is 371 g/mol. The van der Waals surface area contributed by atoms with Gasteiger partial charge in [-0.1, -0.05) is 17.3 Å². The first kappa shape index (κ1) is 18.7. The summed E-state index contributed by atoms with van der Waals surface area (Å²) in [6.45, 7) is 2.59. The Morgan fingerprint density at radius 3 is 2.74 bits per heavy atom. The number of carbonyl (C=O) groups excluding carboxylic acids is 1. The molecule has 3 aromatic rings. The fourth-order valence-corrected chi connectivity index (χ4v) is 2.68. The first-order valence-electron chi connectivity index (χ1n) is 8.40. The highest BCUT2D eigenvalue weighted by Crippen LogP contribution is 2.20. The van der Waals surface area contributed by atoms with Crippen molar-refractivity contribution in [2.24, 2.45) is 0 Å². The summed E-state index contributed by atoms with van der Waals surface area (Å²) >= 11 is 0. The summed E-state index contributed by atoms with van der Waals surface area (Å²) in [6, 6.07) is 11.9. The van der Waals surface area contributed by atoms with E-state index < -0.39 is 17.5 Å². The third-order valence-electron chi connectivity index (χ3n) is 4.35. The molecule has 0 aliphatic rings. The van der Waals surface area contributed by atoms with Gasteiger partial charge >= 0.3 is 0 Å². The summed E-state index contributed by atoms with van der Waals surface area (Å²) in [5, 5.41) is 6.41. The van der Waals surface area contributed by atoms with E-state index in [4.69, 9.17) is 4.52 Å². The second kappa shape index (κ2) is 8.09. The zero-order valence-corrected chi connectivity index (χ0v) is 14.9. The van der Waals surface area contributed by atoms with Crippen molar-refractivity contribution in [2.75, 3.05) is 12.4 Å². The van der Waals surface area contributed by atoms with Gasteiger partial charge in [-0.2, -0.15) is 0 Å². The Kier molecular flexibility index (Phi) is 5.61. The number of amides is 1. The highest BCUT2D eigenvalue weighted by molar-refractivity contribution is 6.04. The number of nitrogens with one attached hydrogen (secondary N) is 1. The third kappa shape index (κ3) is 4.57. The largest absolute Gasteiger partial charge is 0.364 e. The van der Waals surface area contributed by atoms with E-state index in [1.54, 1.807) is 18.2 Å². The summed E-state index contributed by atoms with van der Waals surface area (Å²) in [5.41, 5.74) is 2.06. The van der Waals surface area contributed by atoms with Crippen LogP contribution in [0.5, 0.6) is 0 Å². The molecule has 0 fully saturated rings. The van der Waals surface area contributed by atoms with Crippen molar-refractivity contribution in [3.05, 3.63) is 83.2 Å². The minimum atomic E-state index is -0.819. The molecule has 1 N–H and O–H groups in total. The molecule has 0 bridgehead atoms. The van der Waals surface area contributed by atoms with Gasteiger partial charge < -0.3 is 9.84 Å². The molecule has 7 heteroatoms. The molecule has 1 heterocycles. The van der Waals surface area contributed by atoms with E-state index in [1.807, 2.05) is 26.1 Å². The topological polar surface area (TPSA) is 58.4 Å². The zero-order valence-electron chi connectivity index (χ0n) is 14.9. The van der Waals surface area contributed by atoms with Crippen molar-refractivity contribution in [3.63, 3.8) is 0 Å². The fourth-order valence-electron chi connectivity index (χ4n) is 2.68. The van der Waals surface area contributed by atoms with Crippen LogP contribution in [0.3, 0.4) is 0 Å². The number of carbonyl (C=O) groups is 1. The number of anilines is 1. The van der Waals surface area contributed by atoms with Gasteiger partial charge in [0.05, 0.1) is 11.7 Å². The highest BCUT2D eigenvalue weighted by atomic mass is 19.1. The molecule has 0 aliphatic heterocycles. The van der Waals surface area contributed by atoms with Crippen LogP contribution in [0.2, 0.25) is 0 Å². The monoisotopic (exact) mass is 371 g/mol. The maximum absolute atomic E-state index is 13.7. The van der Waals surface area contributed by atoms with Crippen LogP contribution in [0.25, 0.3) is 0 Å². The van der Waals surface area contributed by atoms with Gasteiger partial charge in [0.15, 0.2) is 0 Å². The van der Waals surface area contributed by atoms with Gasteiger partial charge in [0.1, 0.15) is 23.6 Å². The number of nitrogens with zero attached hydrogens (tertiary/aromatic N) is 2. The third-order valence-corrected chi connectivity index (χ3v) is 4.35. The van der Waals surface area contributed by atoms with Crippen LogP contribution in [0.4, 0.5) is 14.5 Å². The minimum absolute atomic E-state index is 0.0366. The second-order valence-corrected chi connectivity index (χ2v) is 6.29. The van der Waals surface area contributed by atoms with Gasteiger partial charge in [0.25, 0.3) is 5.91 Å². The number of benzene rings is 2. The van der Waals surface area contributed by atoms with Crippen molar-refractivity contribution in [2.45, 2.75) is 19.5 Å². The Hall–Kier alpha value is -3.06. The van der Waals surface area contributed by atoms with Crippen LogP contribution < -0.4 is 5.32 Å². The van der Waals surface area contributed by atoms with Crippen LogP contribution in [0, 0.1) is 11.6 Å². The SMILES string of the molecule is C[C@@H](c1ccon1)N(C)Cc1cccc(C(=O)Nc2ccc(F)cc2F)c1. The lowest BCUT2D eigenvalue weighted by molar-refractivity contribution is 0.102. The van der Waals surface area contributed by atoms with Crippen LogP contribution in [-0.4, -0.2) is 23.0 Å². The molecule has 27 heavy (non-hydrogen) atoms. The minimum Gasteiger partial charge on any atom is -0.364 e. The summed E-state index contributed by atoms with van der Waals surface area (Å²) in [4.78, 5) is 14.5. The maximum atomic E-state index is 13.7. The van der Waals surface area contributed by atoms with Gasteiger partial charge in [-0.25, -0.2) is 8.78 Å². The van der Waals surface area contributed by atoms with E-state index >= 15 is 0 Å². The van der Waals surface area contributed by atoms with Gasteiger partial charge in [0.2, 0.25) is 0 Å². The Morgan fingerprint density at radius 1 is 1.22 bits per heavy atom. The predicted molar refractivity (Wildman–Crippen MR) is 97.1 cm³/mol. The molecule has 1 aromatic heterocycles. The molecule has 0 radical (unpaired) electrons. The van der Waals surface area contributed by atoms with E-state index in [9.17, 15) is 13.6 Å². The molecule has 1 amide bonds. The van der Waals surface area contributed by atoms with E-state index in [0.717, 1.165) is 23.4 Å². The predicted octanol–water partition coefficient (Wildman–Crippen LogP) is 4.40. The second-order valence-electron chi connectivity index (χ2n) is 6.29. The molecule has 2 aromatic carbocycles. The Labute approximate surface area is 155 Å². The summed E-state index contributed by atoms with van der Waals surface area (Å²) in [6.07, 6.45) is 1.53. The van der Waals surface area contributed by atoms with Crippen molar-refractivity contribution >= 4 is 11.6 Å². The molecule has 0 spiro atoms. The molecule has 0 saturated carbocycles. The molecule has 1 atom stereocenters. The fraction of sp³-hybridized carbons (Fsp3) is 0.200. The Morgan fingerprint density at radius 2 is 2.04 bits per heavy atom. The van der Waals surface area contributed by atoms with Gasteiger partial charge in [-0.15, -0.1) is 0 Å². The van der Waals surface area contributed by atoms with Gasteiger partial charge in [0, 0.05) is 24.2 Å². The Bertz CT molecular complexity index is 929. The lowest BCUT2D eigenvalue weighted by Gasteiger charge is -2.23. The zero-order chi connectivity index (χ0) is 19.4. The van der Waals surface area contributed by atoms with Gasteiger partial charge in [-0.3, -0.25) is 9.69 Å². The van der Waals surface area contributed by atoms with Gasteiger partial charge in [-0.05, 0) is 43.8 Å². The van der Waals surface area contributed by atoms with Crippen LogP contribution in [-0.2, 0) is 6.54 Å². The van der Waals surface area contributed by atoms with Crippen molar-refractivity contribution < 1.29 is 18.1 Å². The van der Waals surface area contributed by atoms with Crippen molar-refractivity contribution in [3.8, 4) is 0 Å². The van der Waals surface area contributed by atoms with E-state index in [0.29, 0.717) is 12.1 Å². The first-order chi connectivity index (χ1) is 12.9. The van der Waals surface area contributed by atoms with E-state index in [1.165, 1.54) is 12.3 Å². The summed E-state index contributed by atoms with van der Waals surface area (Å²) in [7, 11) is 1.94.